The third-order valence-corrected chi connectivity index (χ3v) is 3.03. The fourth-order valence-corrected chi connectivity index (χ4v) is 1.93. The topological polar surface area (TPSA) is 42.1 Å². The van der Waals surface area contributed by atoms with Crippen LogP contribution in [0.2, 0.25) is 0 Å². The van der Waals surface area contributed by atoms with E-state index >= 15 is 0 Å². The molecule has 3 nitrogen and oxygen atoms in total. The van der Waals surface area contributed by atoms with Gasteiger partial charge in [0.25, 0.3) is 0 Å². The molecule has 0 fully saturated rings. The van der Waals surface area contributed by atoms with E-state index in [2.05, 4.69) is 23.7 Å². The SMILES string of the molecule is CC(C)N(Cc1ccccc1N)c1ccc(F)cn1. The van der Waals surface area contributed by atoms with Crippen LogP contribution >= 0.6 is 0 Å². The molecule has 0 saturated carbocycles. The van der Waals surface area contributed by atoms with E-state index in [4.69, 9.17) is 5.73 Å². The first-order valence-electron chi connectivity index (χ1n) is 6.29. The molecule has 2 N–H and O–H groups in total. The number of para-hydroxylation sites is 1. The molecule has 1 aromatic heterocycles. The monoisotopic (exact) mass is 259 g/mol. The minimum absolute atomic E-state index is 0.248. The molecule has 4 heteroatoms. The molecule has 0 radical (unpaired) electrons. The van der Waals surface area contributed by atoms with Crippen LogP contribution in [0.1, 0.15) is 19.4 Å². The Hall–Kier alpha value is -2.10. The first-order chi connectivity index (χ1) is 9.08. The smallest absolute Gasteiger partial charge is 0.141 e. The number of halogens is 1. The summed E-state index contributed by atoms with van der Waals surface area (Å²) in [6.45, 7) is 4.80. The highest BCUT2D eigenvalue weighted by Crippen LogP contribution is 2.20. The van der Waals surface area contributed by atoms with Crippen molar-refractivity contribution in [3.63, 3.8) is 0 Å². The van der Waals surface area contributed by atoms with Crippen molar-refractivity contribution in [3.8, 4) is 0 Å². The Morgan fingerprint density at radius 2 is 1.95 bits per heavy atom. The molecule has 0 aliphatic heterocycles. The molecule has 19 heavy (non-hydrogen) atoms. The Morgan fingerprint density at radius 3 is 2.53 bits per heavy atom. The summed E-state index contributed by atoms with van der Waals surface area (Å²) < 4.78 is 12.9. The van der Waals surface area contributed by atoms with Crippen molar-refractivity contribution in [1.82, 2.24) is 4.98 Å². The highest BCUT2D eigenvalue weighted by molar-refractivity contribution is 5.50. The number of benzene rings is 1. The lowest BCUT2D eigenvalue weighted by atomic mass is 10.1. The van der Waals surface area contributed by atoms with Gasteiger partial charge in [-0.2, -0.15) is 0 Å². The predicted molar refractivity (Wildman–Crippen MR) is 76.4 cm³/mol. The van der Waals surface area contributed by atoms with Crippen molar-refractivity contribution in [3.05, 3.63) is 54.0 Å². The summed E-state index contributed by atoms with van der Waals surface area (Å²) in [4.78, 5) is 6.22. The van der Waals surface area contributed by atoms with Crippen LogP contribution in [0.5, 0.6) is 0 Å². The summed E-state index contributed by atoms with van der Waals surface area (Å²) in [6.07, 6.45) is 1.24. The quantitative estimate of drug-likeness (QED) is 0.857. The van der Waals surface area contributed by atoms with Crippen molar-refractivity contribution in [1.29, 1.82) is 0 Å². The minimum atomic E-state index is -0.327. The fourth-order valence-electron chi connectivity index (χ4n) is 1.93. The average Bonchev–Trinajstić information content (AvgIpc) is 2.39. The maximum Gasteiger partial charge on any atom is 0.141 e. The molecule has 100 valence electrons. The number of anilines is 2. The second-order valence-electron chi connectivity index (χ2n) is 4.76. The van der Waals surface area contributed by atoms with Crippen LogP contribution in [0.3, 0.4) is 0 Å². The van der Waals surface area contributed by atoms with Gasteiger partial charge >= 0.3 is 0 Å². The summed E-state index contributed by atoms with van der Waals surface area (Å²) in [5.74, 6) is 0.423. The number of nitrogen functional groups attached to an aromatic ring is 1. The lowest BCUT2D eigenvalue weighted by Gasteiger charge is -2.28. The van der Waals surface area contributed by atoms with E-state index in [1.165, 1.54) is 12.3 Å². The maximum atomic E-state index is 12.9. The van der Waals surface area contributed by atoms with E-state index in [1.807, 2.05) is 24.3 Å². The Labute approximate surface area is 112 Å². The van der Waals surface area contributed by atoms with Crippen molar-refractivity contribution in [2.75, 3.05) is 10.6 Å². The number of aromatic nitrogens is 1. The van der Waals surface area contributed by atoms with E-state index in [1.54, 1.807) is 6.07 Å². The van der Waals surface area contributed by atoms with Crippen LogP contribution < -0.4 is 10.6 Å². The standard InChI is InChI=1S/C15H18FN3/c1-11(2)19(15-8-7-13(16)9-18-15)10-12-5-3-4-6-14(12)17/h3-9,11H,10,17H2,1-2H3. The Morgan fingerprint density at radius 1 is 1.21 bits per heavy atom. The second kappa shape index (κ2) is 5.69. The lowest BCUT2D eigenvalue weighted by molar-refractivity contribution is 0.616. The van der Waals surface area contributed by atoms with E-state index in [-0.39, 0.29) is 11.9 Å². The third-order valence-electron chi connectivity index (χ3n) is 3.03. The van der Waals surface area contributed by atoms with Crippen LogP contribution in [0, 0.1) is 5.82 Å². The Bertz CT molecular complexity index is 537. The number of nitrogens with two attached hydrogens (primary N) is 1. The molecule has 0 saturated heterocycles. The van der Waals surface area contributed by atoms with Crippen molar-refractivity contribution >= 4 is 11.5 Å². The van der Waals surface area contributed by atoms with Gasteiger partial charge < -0.3 is 10.6 Å². The predicted octanol–water partition coefficient (Wildman–Crippen LogP) is 3.22. The van der Waals surface area contributed by atoms with Crippen LogP contribution in [0.4, 0.5) is 15.9 Å². The van der Waals surface area contributed by atoms with Gasteiger partial charge in [-0.1, -0.05) is 18.2 Å². The second-order valence-corrected chi connectivity index (χ2v) is 4.76. The van der Waals surface area contributed by atoms with E-state index in [9.17, 15) is 4.39 Å². The number of hydrogen-bond donors (Lipinski definition) is 1. The Kier molecular flexibility index (Phi) is 4.00. The Balaban J connectivity index is 2.26. The zero-order chi connectivity index (χ0) is 13.8. The molecule has 0 aliphatic rings. The van der Waals surface area contributed by atoms with Gasteiger partial charge in [-0.3, -0.25) is 0 Å². The van der Waals surface area contributed by atoms with E-state index in [0.29, 0.717) is 6.54 Å². The third kappa shape index (κ3) is 3.22. The van der Waals surface area contributed by atoms with Crippen LogP contribution in [-0.4, -0.2) is 11.0 Å². The van der Waals surface area contributed by atoms with E-state index in [0.717, 1.165) is 17.1 Å². The highest BCUT2D eigenvalue weighted by atomic mass is 19.1. The van der Waals surface area contributed by atoms with Crippen LogP contribution in [0.25, 0.3) is 0 Å². The van der Waals surface area contributed by atoms with E-state index < -0.39 is 0 Å². The van der Waals surface area contributed by atoms with Gasteiger partial charge in [-0.15, -0.1) is 0 Å². The fraction of sp³-hybridized carbons (Fsp3) is 0.267. The van der Waals surface area contributed by atoms with Gasteiger partial charge in [0.1, 0.15) is 11.6 Å². The molecule has 0 atom stereocenters. The van der Waals surface area contributed by atoms with Crippen LogP contribution in [-0.2, 0) is 6.54 Å². The van der Waals surface area contributed by atoms with Gasteiger partial charge in [0, 0.05) is 18.3 Å². The lowest BCUT2D eigenvalue weighted by Crippen LogP contribution is -2.31. The van der Waals surface area contributed by atoms with Crippen LogP contribution in [0.15, 0.2) is 42.6 Å². The number of hydrogen-bond acceptors (Lipinski definition) is 3. The number of rotatable bonds is 4. The molecule has 1 aromatic carbocycles. The molecular weight excluding hydrogens is 241 g/mol. The van der Waals surface area contributed by atoms with Crippen molar-refractivity contribution in [2.24, 2.45) is 0 Å². The first kappa shape index (κ1) is 13.3. The summed E-state index contributed by atoms with van der Waals surface area (Å²) >= 11 is 0. The summed E-state index contributed by atoms with van der Waals surface area (Å²) in [7, 11) is 0. The molecule has 0 amide bonds. The summed E-state index contributed by atoms with van der Waals surface area (Å²) in [6, 6.07) is 11.1. The van der Waals surface area contributed by atoms with Crippen molar-refractivity contribution in [2.45, 2.75) is 26.4 Å². The molecule has 0 bridgehead atoms. The normalized spacial score (nSPS) is 10.7. The van der Waals surface area contributed by atoms with Gasteiger partial charge in [0.2, 0.25) is 0 Å². The molecular formula is C15H18FN3. The number of nitrogens with zero attached hydrogens (tertiary/aromatic N) is 2. The molecule has 0 unspecified atom stereocenters. The molecule has 2 aromatic rings. The van der Waals surface area contributed by atoms with Gasteiger partial charge in [0.15, 0.2) is 0 Å². The first-order valence-corrected chi connectivity index (χ1v) is 6.29. The highest BCUT2D eigenvalue weighted by Gasteiger charge is 2.13. The zero-order valence-corrected chi connectivity index (χ0v) is 11.2. The molecule has 2 rings (SSSR count). The van der Waals surface area contributed by atoms with Gasteiger partial charge in [0.05, 0.1) is 6.20 Å². The minimum Gasteiger partial charge on any atom is -0.398 e. The molecule has 0 spiro atoms. The molecule has 0 aliphatic carbocycles. The summed E-state index contributed by atoms with van der Waals surface area (Å²) in [5, 5.41) is 0. The zero-order valence-electron chi connectivity index (χ0n) is 11.2. The average molecular weight is 259 g/mol. The van der Waals surface area contributed by atoms with Crippen molar-refractivity contribution < 1.29 is 4.39 Å². The molecule has 1 heterocycles. The maximum absolute atomic E-state index is 12.9. The summed E-state index contributed by atoms with van der Waals surface area (Å²) in [5.41, 5.74) is 7.77. The largest absolute Gasteiger partial charge is 0.398 e. The van der Waals surface area contributed by atoms with Gasteiger partial charge in [-0.05, 0) is 37.6 Å². The number of pyridine rings is 1. The van der Waals surface area contributed by atoms with Gasteiger partial charge in [-0.25, -0.2) is 9.37 Å².